The standard InChI is InChI=1S/C9H17N/c1-7(9-2-3-9)4-8-5-10-6-8/h7-10H,2-6H2,1H3. The van der Waals surface area contributed by atoms with Crippen molar-refractivity contribution in [2.75, 3.05) is 13.1 Å². The van der Waals surface area contributed by atoms with Gasteiger partial charge in [0.1, 0.15) is 0 Å². The monoisotopic (exact) mass is 139 g/mol. The lowest BCUT2D eigenvalue weighted by Crippen LogP contribution is -2.42. The zero-order valence-corrected chi connectivity index (χ0v) is 6.77. The first-order valence-electron chi connectivity index (χ1n) is 4.57. The van der Waals surface area contributed by atoms with Crippen LogP contribution in [0.5, 0.6) is 0 Å². The first-order valence-corrected chi connectivity index (χ1v) is 4.57. The number of nitrogens with one attached hydrogen (secondary N) is 1. The van der Waals surface area contributed by atoms with Gasteiger partial charge in [-0.25, -0.2) is 0 Å². The van der Waals surface area contributed by atoms with Crippen LogP contribution in [0, 0.1) is 17.8 Å². The summed E-state index contributed by atoms with van der Waals surface area (Å²) in [6.45, 7) is 5.00. The molecular formula is C9H17N. The highest BCUT2D eigenvalue weighted by Gasteiger charge is 2.30. The number of hydrogen-bond donors (Lipinski definition) is 1. The third kappa shape index (κ3) is 1.34. The Hall–Kier alpha value is -0.0400. The molecule has 0 amide bonds. The second-order valence-electron chi connectivity index (χ2n) is 4.07. The summed E-state index contributed by atoms with van der Waals surface area (Å²) in [5.74, 6) is 3.16. The van der Waals surface area contributed by atoms with Crippen molar-refractivity contribution in [1.82, 2.24) is 5.32 Å². The van der Waals surface area contributed by atoms with Crippen molar-refractivity contribution >= 4 is 0 Å². The zero-order chi connectivity index (χ0) is 6.97. The number of hydrogen-bond acceptors (Lipinski definition) is 1. The molecule has 0 bridgehead atoms. The van der Waals surface area contributed by atoms with E-state index >= 15 is 0 Å². The van der Waals surface area contributed by atoms with Crippen LogP contribution in [0.4, 0.5) is 0 Å². The van der Waals surface area contributed by atoms with E-state index in [-0.39, 0.29) is 0 Å². The Morgan fingerprint density at radius 3 is 2.50 bits per heavy atom. The molecule has 1 aliphatic heterocycles. The van der Waals surface area contributed by atoms with Crippen LogP contribution in [-0.4, -0.2) is 13.1 Å². The van der Waals surface area contributed by atoms with Crippen LogP contribution in [0.15, 0.2) is 0 Å². The van der Waals surface area contributed by atoms with Crippen LogP contribution in [0.2, 0.25) is 0 Å². The summed E-state index contributed by atoms with van der Waals surface area (Å²) < 4.78 is 0. The van der Waals surface area contributed by atoms with Crippen LogP contribution >= 0.6 is 0 Å². The summed E-state index contributed by atoms with van der Waals surface area (Å²) in [6.07, 6.45) is 4.51. The summed E-state index contributed by atoms with van der Waals surface area (Å²) in [5, 5.41) is 3.33. The molecular weight excluding hydrogens is 122 g/mol. The van der Waals surface area contributed by atoms with Crippen LogP contribution < -0.4 is 5.32 Å². The van der Waals surface area contributed by atoms with Crippen LogP contribution in [0.25, 0.3) is 0 Å². The Balaban J connectivity index is 1.67. The maximum atomic E-state index is 3.33. The Morgan fingerprint density at radius 1 is 1.40 bits per heavy atom. The average molecular weight is 139 g/mol. The van der Waals surface area contributed by atoms with Crippen molar-refractivity contribution in [2.45, 2.75) is 26.2 Å². The largest absolute Gasteiger partial charge is 0.316 e. The van der Waals surface area contributed by atoms with Gasteiger partial charge in [-0.3, -0.25) is 0 Å². The minimum Gasteiger partial charge on any atom is -0.316 e. The summed E-state index contributed by atoms with van der Waals surface area (Å²) in [7, 11) is 0. The first kappa shape index (κ1) is 6.66. The van der Waals surface area contributed by atoms with Crippen molar-refractivity contribution in [2.24, 2.45) is 17.8 Å². The zero-order valence-electron chi connectivity index (χ0n) is 6.77. The maximum Gasteiger partial charge on any atom is -0.000815 e. The molecule has 1 aliphatic carbocycles. The van der Waals surface area contributed by atoms with Gasteiger partial charge in [0.05, 0.1) is 0 Å². The van der Waals surface area contributed by atoms with Gasteiger partial charge in [-0.1, -0.05) is 6.92 Å². The molecule has 1 heterocycles. The minimum absolute atomic E-state index is 1.02. The molecule has 1 atom stereocenters. The highest BCUT2D eigenvalue weighted by atomic mass is 14.9. The van der Waals surface area contributed by atoms with E-state index in [1.165, 1.54) is 32.4 Å². The van der Waals surface area contributed by atoms with Crippen LogP contribution in [-0.2, 0) is 0 Å². The van der Waals surface area contributed by atoms with Gasteiger partial charge in [0.25, 0.3) is 0 Å². The predicted octanol–water partition coefficient (Wildman–Crippen LogP) is 1.64. The van der Waals surface area contributed by atoms with E-state index in [4.69, 9.17) is 0 Å². The van der Waals surface area contributed by atoms with E-state index in [0.29, 0.717) is 0 Å². The quantitative estimate of drug-likeness (QED) is 0.627. The van der Waals surface area contributed by atoms with Crippen molar-refractivity contribution in [3.05, 3.63) is 0 Å². The summed E-state index contributed by atoms with van der Waals surface area (Å²) in [5.41, 5.74) is 0. The van der Waals surface area contributed by atoms with Crippen LogP contribution in [0.3, 0.4) is 0 Å². The van der Waals surface area contributed by atoms with Crippen LogP contribution in [0.1, 0.15) is 26.2 Å². The highest BCUT2D eigenvalue weighted by molar-refractivity contribution is 4.83. The molecule has 58 valence electrons. The minimum atomic E-state index is 1.02. The Labute approximate surface area is 63.2 Å². The molecule has 2 fully saturated rings. The molecule has 0 aromatic carbocycles. The molecule has 1 nitrogen and oxygen atoms in total. The van der Waals surface area contributed by atoms with E-state index < -0.39 is 0 Å². The molecule has 2 aliphatic rings. The number of rotatable bonds is 3. The van der Waals surface area contributed by atoms with Gasteiger partial charge >= 0.3 is 0 Å². The van der Waals surface area contributed by atoms with Crippen molar-refractivity contribution in [1.29, 1.82) is 0 Å². The maximum absolute atomic E-state index is 3.33. The lowest BCUT2D eigenvalue weighted by molar-refractivity contribution is 0.270. The van der Waals surface area contributed by atoms with Crippen molar-refractivity contribution < 1.29 is 0 Å². The third-order valence-corrected chi connectivity index (χ3v) is 3.00. The van der Waals surface area contributed by atoms with Gasteiger partial charge in [0.15, 0.2) is 0 Å². The first-order chi connectivity index (χ1) is 4.86. The van der Waals surface area contributed by atoms with E-state index in [9.17, 15) is 0 Å². The van der Waals surface area contributed by atoms with E-state index in [1.54, 1.807) is 0 Å². The fourth-order valence-electron chi connectivity index (χ4n) is 1.90. The molecule has 0 radical (unpaired) electrons. The van der Waals surface area contributed by atoms with Gasteiger partial charge < -0.3 is 5.32 Å². The van der Waals surface area contributed by atoms with E-state index in [0.717, 1.165) is 17.8 Å². The van der Waals surface area contributed by atoms with E-state index in [1.807, 2.05) is 0 Å². The lowest BCUT2D eigenvalue weighted by atomic mass is 9.89. The highest BCUT2D eigenvalue weighted by Crippen LogP contribution is 2.39. The fraction of sp³-hybridized carbons (Fsp3) is 1.00. The average Bonchev–Trinajstić information content (AvgIpc) is 2.58. The molecule has 1 heteroatoms. The smallest absolute Gasteiger partial charge is 0.000815 e. The Bertz CT molecular complexity index is 114. The molecule has 1 unspecified atom stereocenters. The van der Waals surface area contributed by atoms with Gasteiger partial charge in [-0.15, -0.1) is 0 Å². The Kier molecular flexibility index (Phi) is 1.69. The second kappa shape index (κ2) is 2.54. The van der Waals surface area contributed by atoms with Crippen molar-refractivity contribution in [3.63, 3.8) is 0 Å². The molecule has 0 spiro atoms. The lowest BCUT2D eigenvalue weighted by Gasteiger charge is -2.29. The van der Waals surface area contributed by atoms with Gasteiger partial charge in [-0.05, 0) is 50.1 Å². The molecule has 0 aromatic heterocycles. The predicted molar refractivity (Wildman–Crippen MR) is 42.9 cm³/mol. The van der Waals surface area contributed by atoms with Crippen molar-refractivity contribution in [3.8, 4) is 0 Å². The van der Waals surface area contributed by atoms with Gasteiger partial charge in [-0.2, -0.15) is 0 Å². The molecule has 10 heavy (non-hydrogen) atoms. The van der Waals surface area contributed by atoms with Gasteiger partial charge in [0, 0.05) is 0 Å². The topological polar surface area (TPSA) is 12.0 Å². The fourth-order valence-corrected chi connectivity index (χ4v) is 1.90. The summed E-state index contributed by atoms with van der Waals surface area (Å²) in [6, 6.07) is 0. The molecule has 1 saturated carbocycles. The van der Waals surface area contributed by atoms with E-state index in [2.05, 4.69) is 12.2 Å². The molecule has 0 aromatic rings. The second-order valence-corrected chi connectivity index (χ2v) is 4.07. The normalized spacial score (nSPS) is 29.7. The summed E-state index contributed by atoms with van der Waals surface area (Å²) >= 11 is 0. The molecule has 1 saturated heterocycles. The van der Waals surface area contributed by atoms with Gasteiger partial charge in [0.2, 0.25) is 0 Å². The SMILES string of the molecule is CC(CC1CNC1)C1CC1. The Morgan fingerprint density at radius 2 is 2.10 bits per heavy atom. The molecule has 2 rings (SSSR count). The summed E-state index contributed by atoms with van der Waals surface area (Å²) in [4.78, 5) is 0. The third-order valence-electron chi connectivity index (χ3n) is 3.00. The molecule has 1 N–H and O–H groups in total.